The van der Waals surface area contributed by atoms with Gasteiger partial charge in [-0.05, 0) is 23.3 Å². The van der Waals surface area contributed by atoms with Gasteiger partial charge in [0.05, 0.1) is 6.10 Å². The highest BCUT2D eigenvalue weighted by Crippen LogP contribution is 2.15. The minimum atomic E-state index is -0.229. The van der Waals surface area contributed by atoms with E-state index in [1.54, 1.807) is 20.2 Å². The average Bonchev–Trinajstić information content (AvgIpc) is 2.59. The van der Waals surface area contributed by atoms with Gasteiger partial charge in [-0.2, -0.15) is 0 Å². The molecule has 24 heavy (non-hydrogen) atoms. The first-order valence-corrected chi connectivity index (χ1v) is 7.88. The molecule has 0 bridgehead atoms. The van der Waals surface area contributed by atoms with E-state index < -0.39 is 0 Å². The fourth-order valence-corrected chi connectivity index (χ4v) is 2.56. The van der Waals surface area contributed by atoms with E-state index in [0.29, 0.717) is 13.1 Å². The summed E-state index contributed by atoms with van der Waals surface area (Å²) in [5.74, 6) is 0.504. The summed E-state index contributed by atoms with van der Waals surface area (Å²) in [6, 6.07) is 16.6. The zero-order chi connectivity index (χ0) is 17.4. The number of ether oxygens (including phenoxy) is 1. The number of nitrogens with zero attached hydrogens (tertiary/aromatic N) is 2. The van der Waals surface area contributed by atoms with E-state index in [9.17, 15) is 4.39 Å². The Morgan fingerprint density at radius 2 is 1.96 bits per heavy atom. The van der Waals surface area contributed by atoms with Gasteiger partial charge >= 0.3 is 0 Å². The van der Waals surface area contributed by atoms with Crippen molar-refractivity contribution in [2.75, 3.05) is 27.7 Å². The highest BCUT2D eigenvalue weighted by Gasteiger charge is 2.13. The Morgan fingerprint density at radius 3 is 2.58 bits per heavy atom. The molecule has 0 aromatic heterocycles. The molecule has 0 aliphatic rings. The molecule has 0 heterocycles. The average molecular weight is 329 g/mol. The number of hydrogen-bond acceptors (Lipinski definition) is 2. The van der Waals surface area contributed by atoms with Crippen molar-refractivity contribution in [2.24, 2.45) is 4.99 Å². The Balaban J connectivity index is 1.96. The first-order chi connectivity index (χ1) is 11.6. The van der Waals surface area contributed by atoms with E-state index in [4.69, 9.17) is 4.74 Å². The minimum Gasteiger partial charge on any atom is -0.375 e. The lowest BCUT2D eigenvalue weighted by atomic mass is 10.1. The summed E-state index contributed by atoms with van der Waals surface area (Å²) in [4.78, 5) is 6.24. The van der Waals surface area contributed by atoms with Crippen molar-refractivity contribution in [1.29, 1.82) is 0 Å². The minimum absolute atomic E-state index is 0.0643. The predicted octanol–water partition coefficient (Wildman–Crippen LogP) is 3.22. The number of nitrogens with one attached hydrogen (secondary N) is 1. The number of hydrogen-bond donors (Lipinski definition) is 1. The Morgan fingerprint density at radius 1 is 1.21 bits per heavy atom. The number of benzene rings is 2. The van der Waals surface area contributed by atoms with Crippen LogP contribution < -0.4 is 5.32 Å². The molecular weight excluding hydrogens is 305 g/mol. The van der Waals surface area contributed by atoms with Crippen LogP contribution in [0.25, 0.3) is 0 Å². The fourth-order valence-electron chi connectivity index (χ4n) is 2.56. The van der Waals surface area contributed by atoms with E-state index in [-0.39, 0.29) is 11.9 Å². The molecule has 128 valence electrons. The van der Waals surface area contributed by atoms with Crippen LogP contribution in [0.15, 0.2) is 59.6 Å². The molecule has 2 aromatic rings. The van der Waals surface area contributed by atoms with Crippen LogP contribution in [0.1, 0.15) is 17.2 Å². The maximum Gasteiger partial charge on any atom is 0.193 e. The van der Waals surface area contributed by atoms with E-state index >= 15 is 0 Å². The van der Waals surface area contributed by atoms with Crippen LogP contribution in [0.3, 0.4) is 0 Å². The van der Waals surface area contributed by atoms with Crippen LogP contribution in [0.4, 0.5) is 4.39 Å². The van der Waals surface area contributed by atoms with Gasteiger partial charge < -0.3 is 15.0 Å². The zero-order valence-corrected chi connectivity index (χ0v) is 14.4. The summed E-state index contributed by atoms with van der Waals surface area (Å²) in [6.45, 7) is 1.17. The second-order valence-electron chi connectivity index (χ2n) is 5.55. The summed E-state index contributed by atoms with van der Waals surface area (Å²) in [5, 5.41) is 3.31. The number of methoxy groups -OCH3 is 1. The van der Waals surface area contributed by atoms with Gasteiger partial charge in [0.15, 0.2) is 5.96 Å². The lowest BCUT2D eigenvalue weighted by Gasteiger charge is -2.24. The number of guanidine groups is 1. The van der Waals surface area contributed by atoms with Gasteiger partial charge in [-0.3, -0.25) is 4.99 Å². The highest BCUT2D eigenvalue weighted by atomic mass is 19.1. The first kappa shape index (κ1) is 17.9. The third-order valence-electron chi connectivity index (χ3n) is 3.78. The van der Waals surface area contributed by atoms with Crippen LogP contribution in [-0.4, -0.2) is 38.6 Å². The molecule has 4 nitrogen and oxygen atoms in total. The van der Waals surface area contributed by atoms with Crippen molar-refractivity contribution >= 4 is 5.96 Å². The zero-order valence-electron chi connectivity index (χ0n) is 14.4. The van der Waals surface area contributed by atoms with Gasteiger partial charge in [-0.15, -0.1) is 0 Å². The van der Waals surface area contributed by atoms with Gasteiger partial charge in [0.25, 0.3) is 0 Å². The Kier molecular flexibility index (Phi) is 6.75. The van der Waals surface area contributed by atoms with E-state index in [1.807, 2.05) is 48.3 Å². The van der Waals surface area contributed by atoms with Gasteiger partial charge in [-0.25, -0.2) is 4.39 Å². The van der Waals surface area contributed by atoms with Gasteiger partial charge in [-0.1, -0.05) is 42.5 Å². The fraction of sp³-hybridized carbons (Fsp3) is 0.316. The topological polar surface area (TPSA) is 36.9 Å². The maximum absolute atomic E-state index is 13.3. The SMILES string of the molecule is CN=C(NCC(OC)c1ccccc1)N(C)Cc1cccc(F)c1. The van der Waals surface area contributed by atoms with Gasteiger partial charge in [0.1, 0.15) is 5.82 Å². The van der Waals surface area contributed by atoms with Crippen LogP contribution >= 0.6 is 0 Å². The number of aliphatic imine (C=N–C) groups is 1. The molecule has 0 amide bonds. The summed E-state index contributed by atoms with van der Waals surface area (Å²) in [7, 11) is 5.35. The second kappa shape index (κ2) is 9.03. The molecule has 0 aliphatic heterocycles. The molecule has 5 heteroatoms. The molecule has 1 atom stereocenters. The normalized spacial score (nSPS) is 12.8. The summed E-state index contributed by atoms with van der Waals surface area (Å²) < 4.78 is 18.9. The number of halogens is 1. The maximum atomic E-state index is 13.3. The molecule has 2 rings (SSSR count). The molecule has 2 aromatic carbocycles. The van der Waals surface area contributed by atoms with Crippen LogP contribution in [0.2, 0.25) is 0 Å². The smallest absolute Gasteiger partial charge is 0.193 e. The third-order valence-corrected chi connectivity index (χ3v) is 3.78. The van der Waals surface area contributed by atoms with E-state index in [1.165, 1.54) is 12.1 Å². The van der Waals surface area contributed by atoms with E-state index in [2.05, 4.69) is 10.3 Å². The summed E-state index contributed by atoms with van der Waals surface area (Å²) in [5.41, 5.74) is 2.00. The monoisotopic (exact) mass is 329 g/mol. The Labute approximate surface area is 143 Å². The predicted molar refractivity (Wildman–Crippen MR) is 95.4 cm³/mol. The molecule has 0 saturated heterocycles. The standard InChI is InChI=1S/C19H24FN3O/c1-21-19(23(2)14-15-8-7-11-17(20)12-15)22-13-18(24-3)16-9-5-4-6-10-16/h4-12,18H,13-14H2,1-3H3,(H,21,22). The largest absolute Gasteiger partial charge is 0.375 e. The van der Waals surface area contributed by atoms with Crippen molar-refractivity contribution in [3.05, 3.63) is 71.5 Å². The van der Waals surface area contributed by atoms with Crippen molar-refractivity contribution in [3.8, 4) is 0 Å². The quantitative estimate of drug-likeness (QED) is 0.653. The molecule has 1 unspecified atom stereocenters. The molecule has 0 aliphatic carbocycles. The van der Waals surface area contributed by atoms with Crippen LogP contribution in [0.5, 0.6) is 0 Å². The molecular formula is C19H24FN3O. The highest BCUT2D eigenvalue weighted by molar-refractivity contribution is 5.79. The van der Waals surface area contributed by atoms with Crippen molar-refractivity contribution in [3.63, 3.8) is 0 Å². The summed E-state index contributed by atoms with van der Waals surface area (Å²) in [6.07, 6.45) is -0.0643. The Bertz CT molecular complexity index is 661. The third kappa shape index (κ3) is 5.06. The van der Waals surface area contributed by atoms with Gasteiger partial charge in [0, 0.05) is 34.3 Å². The molecule has 0 saturated carbocycles. The van der Waals surface area contributed by atoms with E-state index in [0.717, 1.165) is 17.1 Å². The first-order valence-electron chi connectivity index (χ1n) is 7.88. The van der Waals surface area contributed by atoms with Crippen molar-refractivity contribution in [1.82, 2.24) is 10.2 Å². The van der Waals surface area contributed by atoms with Crippen molar-refractivity contribution in [2.45, 2.75) is 12.6 Å². The van der Waals surface area contributed by atoms with Crippen molar-refractivity contribution < 1.29 is 9.13 Å². The Hall–Kier alpha value is -2.40. The number of rotatable bonds is 6. The summed E-state index contributed by atoms with van der Waals surface area (Å²) >= 11 is 0. The lowest BCUT2D eigenvalue weighted by Crippen LogP contribution is -2.40. The lowest BCUT2D eigenvalue weighted by molar-refractivity contribution is 0.106. The van der Waals surface area contributed by atoms with Crippen LogP contribution in [-0.2, 0) is 11.3 Å². The molecule has 0 spiro atoms. The van der Waals surface area contributed by atoms with Gasteiger partial charge in [0.2, 0.25) is 0 Å². The second-order valence-corrected chi connectivity index (χ2v) is 5.55. The molecule has 0 fully saturated rings. The molecule has 0 radical (unpaired) electrons. The molecule has 1 N–H and O–H groups in total. The van der Waals surface area contributed by atoms with Crippen LogP contribution in [0, 0.1) is 5.82 Å².